The summed E-state index contributed by atoms with van der Waals surface area (Å²) >= 11 is 1.73. The zero-order valence-corrected chi connectivity index (χ0v) is 9.67. The Morgan fingerprint density at radius 2 is 2.20 bits per heavy atom. The number of hydrogen-bond acceptors (Lipinski definition) is 2. The van der Waals surface area contributed by atoms with E-state index in [1.54, 1.807) is 11.8 Å². The molecule has 2 atom stereocenters. The van der Waals surface area contributed by atoms with Crippen LogP contribution in [0.15, 0.2) is 18.2 Å². The van der Waals surface area contributed by atoms with Crippen molar-refractivity contribution in [2.24, 2.45) is 5.92 Å². The summed E-state index contributed by atoms with van der Waals surface area (Å²) < 4.78 is 0. The van der Waals surface area contributed by atoms with Gasteiger partial charge in [-0.05, 0) is 25.0 Å². The van der Waals surface area contributed by atoms with Gasteiger partial charge in [0.05, 0.1) is 5.92 Å². The molecule has 0 spiro atoms. The number of thioether (sulfide) groups is 1. The van der Waals surface area contributed by atoms with Crippen LogP contribution in [0.4, 0.5) is 0 Å². The molecule has 15 heavy (non-hydrogen) atoms. The average Bonchev–Trinajstić information content (AvgIpc) is 2.06. The van der Waals surface area contributed by atoms with Crippen LogP contribution in [0.25, 0.3) is 0 Å². The summed E-state index contributed by atoms with van der Waals surface area (Å²) in [4.78, 5) is 10.9. The number of aryl methyl sites for hydroxylation is 2. The van der Waals surface area contributed by atoms with Crippen LogP contribution in [0.3, 0.4) is 0 Å². The molecule has 0 amide bonds. The van der Waals surface area contributed by atoms with Crippen LogP contribution < -0.4 is 0 Å². The van der Waals surface area contributed by atoms with Gasteiger partial charge in [-0.25, -0.2) is 0 Å². The Bertz CT molecular complexity index is 401. The molecule has 0 radical (unpaired) electrons. The van der Waals surface area contributed by atoms with Crippen LogP contribution in [0.5, 0.6) is 0 Å². The number of benzene rings is 1. The molecule has 0 aliphatic carbocycles. The van der Waals surface area contributed by atoms with Gasteiger partial charge >= 0.3 is 5.97 Å². The Kier molecular flexibility index (Phi) is 2.74. The summed E-state index contributed by atoms with van der Waals surface area (Å²) in [6.07, 6.45) is 0. The van der Waals surface area contributed by atoms with E-state index in [0.717, 1.165) is 5.75 Å². The standard InChI is InChI=1S/C12H14O2S/c1-7-3-4-9(8(2)5-7)11-10(6-15-11)12(13)14/h3-5,10-11H,6H2,1-2H3,(H,13,14). The Balaban J connectivity index is 2.27. The van der Waals surface area contributed by atoms with Gasteiger partial charge in [0.2, 0.25) is 0 Å². The number of carboxylic acid groups (broad SMARTS) is 1. The van der Waals surface area contributed by atoms with Crippen molar-refractivity contribution in [1.82, 2.24) is 0 Å². The lowest BCUT2D eigenvalue weighted by Gasteiger charge is -2.34. The maximum Gasteiger partial charge on any atom is 0.308 e. The lowest BCUT2D eigenvalue weighted by Crippen LogP contribution is -2.31. The second kappa shape index (κ2) is 3.89. The Hall–Kier alpha value is -0.960. The highest BCUT2D eigenvalue weighted by atomic mass is 32.2. The van der Waals surface area contributed by atoms with Gasteiger partial charge in [0.1, 0.15) is 0 Å². The molecule has 1 aliphatic rings. The summed E-state index contributed by atoms with van der Waals surface area (Å²) in [7, 11) is 0. The first-order valence-electron chi connectivity index (χ1n) is 5.01. The first-order valence-corrected chi connectivity index (χ1v) is 6.06. The smallest absolute Gasteiger partial charge is 0.308 e. The summed E-state index contributed by atoms with van der Waals surface area (Å²) in [5.74, 6) is -0.122. The van der Waals surface area contributed by atoms with Crippen LogP contribution in [0.2, 0.25) is 0 Å². The summed E-state index contributed by atoms with van der Waals surface area (Å²) in [5.41, 5.74) is 3.62. The molecular weight excluding hydrogens is 208 g/mol. The first kappa shape index (κ1) is 10.6. The molecule has 2 unspecified atom stereocenters. The molecule has 1 N–H and O–H groups in total. The quantitative estimate of drug-likeness (QED) is 0.836. The topological polar surface area (TPSA) is 37.3 Å². The van der Waals surface area contributed by atoms with E-state index in [1.165, 1.54) is 16.7 Å². The van der Waals surface area contributed by atoms with Crippen LogP contribution in [-0.4, -0.2) is 16.8 Å². The number of aliphatic carboxylic acids is 1. The van der Waals surface area contributed by atoms with Crippen LogP contribution >= 0.6 is 11.8 Å². The molecule has 1 heterocycles. The average molecular weight is 222 g/mol. The number of rotatable bonds is 2. The lowest BCUT2D eigenvalue weighted by molar-refractivity contribution is -0.141. The SMILES string of the molecule is Cc1ccc(C2SCC2C(=O)O)c(C)c1. The molecule has 0 aromatic heterocycles. The Morgan fingerprint density at radius 1 is 1.47 bits per heavy atom. The van der Waals surface area contributed by atoms with Crippen molar-refractivity contribution in [1.29, 1.82) is 0 Å². The van der Waals surface area contributed by atoms with Crippen LogP contribution in [0, 0.1) is 19.8 Å². The van der Waals surface area contributed by atoms with E-state index in [0.29, 0.717) is 0 Å². The molecule has 3 heteroatoms. The van der Waals surface area contributed by atoms with Crippen LogP contribution in [-0.2, 0) is 4.79 Å². The fourth-order valence-electron chi connectivity index (χ4n) is 1.94. The molecule has 1 fully saturated rings. The number of carboxylic acids is 1. The fourth-order valence-corrected chi connectivity index (χ4v) is 3.22. The van der Waals surface area contributed by atoms with Crippen molar-refractivity contribution in [2.75, 3.05) is 5.75 Å². The molecule has 2 rings (SSSR count). The Labute approximate surface area is 93.7 Å². The second-order valence-corrected chi connectivity index (χ2v) is 5.23. The highest BCUT2D eigenvalue weighted by Crippen LogP contribution is 2.48. The van der Waals surface area contributed by atoms with E-state index >= 15 is 0 Å². The third kappa shape index (κ3) is 1.88. The molecule has 1 aromatic carbocycles. The van der Waals surface area contributed by atoms with Crippen molar-refractivity contribution in [3.63, 3.8) is 0 Å². The van der Waals surface area contributed by atoms with Gasteiger partial charge in [-0.2, -0.15) is 11.8 Å². The minimum Gasteiger partial charge on any atom is -0.481 e. The maximum absolute atomic E-state index is 10.9. The molecule has 1 aromatic rings. The van der Waals surface area contributed by atoms with Crippen molar-refractivity contribution in [2.45, 2.75) is 19.1 Å². The van der Waals surface area contributed by atoms with Crippen LogP contribution in [0.1, 0.15) is 21.9 Å². The maximum atomic E-state index is 10.9. The van der Waals surface area contributed by atoms with E-state index in [2.05, 4.69) is 32.0 Å². The molecule has 0 bridgehead atoms. The van der Waals surface area contributed by atoms with Gasteiger partial charge in [0.15, 0.2) is 0 Å². The number of carbonyl (C=O) groups is 1. The molecule has 1 aliphatic heterocycles. The number of hydrogen-bond donors (Lipinski definition) is 1. The predicted molar refractivity (Wildman–Crippen MR) is 62.2 cm³/mol. The molecular formula is C12H14O2S. The van der Waals surface area contributed by atoms with Gasteiger partial charge in [0, 0.05) is 11.0 Å². The lowest BCUT2D eigenvalue weighted by atomic mass is 9.94. The van der Waals surface area contributed by atoms with Crippen molar-refractivity contribution >= 4 is 17.7 Å². The third-order valence-corrected chi connectivity index (χ3v) is 4.36. The Morgan fingerprint density at radius 3 is 2.67 bits per heavy atom. The normalized spacial score (nSPS) is 24.7. The highest BCUT2D eigenvalue weighted by molar-refractivity contribution is 8.01. The monoisotopic (exact) mass is 222 g/mol. The van der Waals surface area contributed by atoms with E-state index < -0.39 is 5.97 Å². The zero-order valence-electron chi connectivity index (χ0n) is 8.86. The molecule has 1 saturated heterocycles. The summed E-state index contributed by atoms with van der Waals surface area (Å²) in [6.45, 7) is 4.11. The van der Waals surface area contributed by atoms with Crippen molar-refractivity contribution in [3.05, 3.63) is 34.9 Å². The predicted octanol–water partition coefficient (Wildman–Crippen LogP) is 2.79. The van der Waals surface area contributed by atoms with E-state index in [4.69, 9.17) is 5.11 Å². The van der Waals surface area contributed by atoms with Gasteiger partial charge in [0.25, 0.3) is 0 Å². The van der Waals surface area contributed by atoms with Gasteiger partial charge < -0.3 is 5.11 Å². The minimum absolute atomic E-state index is 0.156. The first-order chi connectivity index (χ1) is 7.09. The van der Waals surface area contributed by atoms with Crippen molar-refractivity contribution in [3.8, 4) is 0 Å². The van der Waals surface area contributed by atoms with Crippen molar-refractivity contribution < 1.29 is 9.90 Å². The largest absolute Gasteiger partial charge is 0.481 e. The molecule has 80 valence electrons. The molecule has 2 nitrogen and oxygen atoms in total. The summed E-state index contributed by atoms with van der Waals surface area (Å²) in [5, 5.41) is 9.15. The van der Waals surface area contributed by atoms with E-state index in [9.17, 15) is 4.79 Å². The van der Waals surface area contributed by atoms with E-state index in [-0.39, 0.29) is 11.2 Å². The third-order valence-electron chi connectivity index (χ3n) is 2.87. The van der Waals surface area contributed by atoms with Gasteiger partial charge in [-0.1, -0.05) is 23.8 Å². The fraction of sp³-hybridized carbons (Fsp3) is 0.417. The summed E-state index contributed by atoms with van der Waals surface area (Å²) in [6, 6.07) is 6.24. The second-order valence-electron chi connectivity index (χ2n) is 4.06. The van der Waals surface area contributed by atoms with E-state index in [1.807, 2.05) is 0 Å². The zero-order chi connectivity index (χ0) is 11.0. The van der Waals surface area contributed by atoms with Gasteiger partial charge in [-0.15, -0.1) is 0 Å². The van der Waals surface area contributed by atoms with Gasteiger partial charge in [-0.3, -0.25) is 4.79 Å². The molecule has 0 saturated carbocycles. The highest BCUT2D eigenvalue weighted by Gasteiger charge is 2.38. The minimum atomic E-state index is -0.668.